The number of benzene rings is 1. The summed E-state index contributed by atoms with van der Waals surface area (Å²) < 4.78 is 2.33. The van der Waals surface area contributed by atoms with Gasteiger partial charge in [0.15, 0.2) is 5.11 Å². The Morgan fingerprint density at radius 3 is 2.56 bits per heavy atom. The molecular weight excluding hydrogens is 436 g/mol. The van der Waals surface area contributed by atoms with Gasteiger partial charge in [-0.05, 0) is 87.3 Å². The topological polar surface area (TPSA) is 33.1 Å². The van der Waals surface area contributed by atoms with E-state index in [1.54, 1.807) is 0 Å². The molecule has 6 heteroatoms. The van der Waals surface area contributed by atoms with E-state index in [0.717, 1.165) is 27.1 Å². The average molecular weight is 465 g/mol. The van der Waals surface area contributed by atoms with Gasteiger partial charge < -0.3 is 14.8 Å². The summed E-state index contributed by atoms with van der Waals surface area (Å²) in [5, 5.41) is 5.27. The maximum Gasteiger partial charge on any atom is 0.170 e. The Bertz CT molecular complexity index is 1150. The Labute approximate surface area is 200 Å². The van der Waals surface area contributed by atoms with Gasteiger partial charge in [-0.1, -0.05) is 36.6 Å². The van der Waals surface area contributed by atoms with Gasteiger partial charge in [0.1, 0.15) is 0 Å². The zero-order valence-electron chi connectivity index (χ0n) is 18.8. The molecule has 1 aliphatic heterocycles. The monoisotopic (exact) mass is 464 g/mol. The molecule has 3 heterocycles. The SMILES string of the molecule is Cc1c(Cl)cccc1-n1c(C)cc([C@H]2[C@H](c3ccccn3)NC(=S)N2C2CCCC2)c1C. The second-order valence-corrected chi connectivity index (χ2v) is 9.81. The Morgan fingerprint density at radius 1 is 1.06 bits per heavy atom. The van der Waals surface area contributed by atoms with Crippen LogP contribution in [0.15, 0.2) is 48.7 Å². The predicted molar refractivity (Wildman–Crippen MR) is 135 cm³/mol. The van der Waals surface area contributed by atoms with Crippen LogP contribution in [0.2, 0.25) is 5.02 Å². The summed E-state index contributed by atoms with van der Waals surface area (Å²) in [6.07, 6.45) is 6.80. The van der Waals surface area contributed by atoms with Crippen molar-refractivity contribution in [2.24, 2.45) is 0 Å². The second kappa shape index (κ2) is 8.53. The fraction of sp³-hybridized carbons (Fsp3) is 0.385. The molecule has 4 nitrogen and oxygen atoms in total. The lowest BCUT2D eigenvalue weighted by molar-refractivity contribution is 0.245. The summed E-state index contributed by atoms with van der Waals surface area (Å²) in [5.41, 5.74) is 6.99. The first kappa shape index (κ1) is 21.5. The number of halogens is 1. The number of aromatic nitrogens is 2. The molecule has 2 aromatic heterocycles. The molecule has 5 rings (SSSR count). The normalized spacial score (nSPS) is 21.4. The Balaban J connectivity index is 1.66. The van der Waals surface area contributed by atoms with Crippen molar-refractivity contribution < 1.29 is 0 Å². The molecule has 2 fully saturated rings. The number of pyridine rings is 1. The van der Waals surface area contributed by atoms with Gasteiger partial charge in [-0.2, -0.15) is 0 Å². The van der Waals surface area contributed by atoms with Crippen LogP contribution in [0.25, 0.3) is 5.69 Å². The molecule has 166 valence electrons. The molecule has 2 atom stereocenters. The van der Waals surface area contributed by atoms with Gasteiger partial charge in [0.2, 0.25) is 0 Å². The molecule has 0 radical (unpaired) electrons. The zero-order valence-corrected chi connectivity index (χ0v) is 20.4. The first-order valence-electron chi connectivity index (χ1n) is 11.4. The van der Waals surface area contributed by atoms with Crippen LogP contribution in [0.4, 0.5) is 0 Å². The van der Waals surface area contributed by atoms with Crippen molar-refractivity contribution in [3.05, 3.63) is 81.9 Å². The average Bonchev–Trinajstić information content (AvgIpc) is 3.49. The van der Waals surface area contributed by atoms with Crippen molar-refractivity contribution in [3.8, 4) is 5.69 Å². The van der Waals surface area contributed by atoms with E-state index in [1.165, 1.54) is 42.6 Å². The van der Waals surface area contributed by atoms with Crippen molar-refractivity contribution in [3.63, 3.8) is 0 Å². The smallest absolute Gasteiger partial charge is 0.170 e. The maximum atomic E-state index is 6.48. The Hall–Kier alpha value is -2.37. The fourth-order valence-corrected chi connectivity index (χ4v) is 6.13. The summed E-state index contributed by atoms with van der Waals surface area (Å²) in [7, 11) is 0. The largest absolute Gasteiger partial charge is 0.352 e. The van der Waals surface area contributed by atoms with Crippen molar-refractivity contribution in [2.75, 3.05) is 0 Å². The molecule has 1 aromatic carbocycles. The van der Waals surface area contributed by atoms with Crippen molar-refractivity contribution in [1.82, 2.24) is 19.8 Å². The van der Waals surface area contributed by atoms with E-state index >= 15 is 0 Å². The number of thiocarbonyl (C=S) groups is 1. The van der Waals surface area contributed by atoms with Gasteiger partial charge in [0.05, 0.1) is 17.8 Å². The number of aryl methyl sites for hydroxylation is 1. The molecule has 1 aliphatic carbocycles. The van der Waals surface area contributed by atoms with Crippen LogP contribution in [-0.4, -0.2) is 25.6 Å². The summed E-state index contributed by atoms with van der Waals surface area (Å²) in [6, 6.07) is 15.2. The highest BCUT2D eigenvalue weighted by molar-refractivity contribution is 7.80. The third-order valence-electron chi connectivity index (χ3n) is 7.12. The van der Waals surface area contributed by atoms with E-state index in [9.17, 15) is 0 Å². The quantitative estimate of drug-likeness (QED) is 0.455. The molecule has 0 unspecified atom stereocenters. The molecule has 0 spiro atoms. The Morgan fingerprint density at radius 2 is 1.84 bits per heavy atom. The first-order valence-corrected chi connectivity index (χ1v) is 12.2. The van der Waals surface area contributed by atoms with E-state index in [0.29, 0.717) is 6.04 Å². The first-order chi connectivity index (χ1) is 15.5. The van der Waals surface area contributed by atoms with Crippen molar-refractivity contribution >= 4 is 28.9 Å². The number of hydrogen-bond acceptors (Lipinski definition) is 2. The molecule has 0 amide bonds. The molecule has 1 N–H and O–H groups in total. The molecule has 1 saturated carbocycles. The summed E-state index contributed by atoms with van der Waals surface area (Å²) in [6.45, 7) is 6.48. The van der Waals surface area contributed by atoms with E-state index in [4.69, 9.17) is 28.8 Å². The van der Waals surface area contributed by atoms with Gasteiger partial charge in [-0.3, -0.25) is 4.98 Å². The van der Waals surface area contributed by atoms with Crippen LogP contribution in [0.3, 0.4) is 0 Å². The van der Waals surface area contributed by atoms with E-state index < -0.39 is 0 Å². The standard InChI is InChI=1S/C26H29ClN4S/c1-16-15-20(18(3)30(16)23-13-8-11-21(27)17(23)2)25-24(22-12-6-7-14-28-22)29-26(32)31(25)19-9-4-5-10-19/h6-8,11-15,19,24-25H,4-5,9-10H2,1-3H3,(H,29,32)/t24-,25-/m0/s1. The third-order valence-corrected chi connectivity index (χ3v) is 7.86. The minimum atomic E-state index is 0.0266. The molecule has 1 saturated heterocycles. The van der Waals surface area contributed by atoms with Crippen LogP contribution < -0.4 is 5.32 Å². The van der Waals surface area contributed by atoms with Crippen molar-refractivity contribution in [2.45, 2.75) is 64.6 Å². The summed E-state index contributed by atoms with van der Waals surface area (Å²) >= 11 is 12.4. The van der Waals surface area contributed by atoms with Crippen molar-refractivity contribution in [1.29, 1.82) is 0 Å². The summed E-state index contributed by atoms with van der Waals surface area (Å²) in [4.78, 5) is 7.17. The number of hydrogen-bond donors (Lipinski definition) is 1. The van der Waals surface area contributed by atoms with Crippen LogP contribution in [0.1, 0.15) is 66.0 Å². The van der Waals surface area contributed by atoms with Gasteiger partial charge in [0, 0.05) is 34.3 Å². The predicted octanol–water partition coefficient (Wildman–Crippen LogP) is 6.37. The van der Waals surface area contributed by atoms with Crippen LogP contribution in [0, 0.1) is 20.8 Å². The van der Waals surface area contributed by atoms with Crippen LogP contribution in [-0.2, 0) is 0 Å². The van der Waals surface area contributed by atoms with Gasteiger partial charge in [0.25, 0.3) is 0 Å². The highest BCUT2D eigenvalue weighted by Crippen LogP contribution is 2.45. The highest BCUT2D eigenvalue weighted by Gasteiger charge is 2.44. The van der Waals surface area contributed by atoms with Gasteiger partial charge >= 0.3 is 0 Å². The lowest BCUT2D eigenvalue weighted by atomic mass is 9.95. The van der Waals surface area contributed by atoms with E-state index in [2.05, 4.69) is 59.8 Å². The van der Waals surface area contributed by atoms with E-state index in [-0.39, 0.29) is 12.1 Å². The lowest BCUT2D eigenvalue weighted by Gasteiger charge is -2.33. The van der Waals surface area contributed by atoms with Gasteiger partial charge in [-0.15, -0.1) is 0 Å². The summed E-state index contributed by atoms with van der Waals surface area (Å²) in [5.74, 6) is 0. The molecule has 0 bridgehead atoms. The third kappa shape index (κ3) is 3.52. The van der Waals surface area contributed by atoms with Crippen LogP contribution in [0.5, 0.6) is 0 Å². The lowest BCUT2D eigenvalue weighted by Crippen LogP contribution is -2.37. The fourth-order valence-electron chi connectivity index (χ4n) is 5.57. The molecule has 3 aromatic rings. The number of nitrogens with one attached hydrogen (secondary N) is 1. The number of rotatable bonds is 4. The molecule has 2 aliphatic rings. The van der Waals surface area contributed by atoms with Gasteiger partial charge in [-0.25, -0.2) is 0 Å². The minimum absolute atomic E-state index is 0.0266. The molecular formula is C26H29ClN4S. The number of nitrogens with zero attached hydrogens (tertiary/aromatic N) is 3. The molecule has 32 heavy (non-hydrogen) atoms. The van der Waals surface area contributed by atoms with E-state index in [1.807, 2.05) is 24.4 Å². The maximum absolute atomic E-state index is 6.48. The minimum Gasteiger partial charge on any atom is -0.352 e. The zero-order chi connectivity index (χ0) is 22.4. The highest BCUT2D eigenvalue weighted by atomic mass is 35.5. The second-order valence-electron chi connectivity index (χ2n) is 9.02. The Kier molecular flexibility index (Phi) is 5.72. The van der Waals surface area contributed by atoms with Crippen LogP contribution >= 0.6 is 23.8 Å².